The van der Waals surface area contributed by atoms with Crippen LogP contribution in [-0.2, 0) is 0 Å². The van der Waals surface area contributed by atoms with E-state index in [4.69, 9.17) is 0 Å². The highest BCUT2D eigenvalue weighted by Gasteiger charge is 2.31. The molecule has 0 fully saturated rings. The first-order chi connectivity index (χ1) is 4.00. The maximum Gasteiger partial charge on any atom is 0.192 e. The van der Waals surface area contributed by atoms with E-state index >= 15 is 0 Å². The first kappa shape index (κ1) is 9.78. The molecule has 0 aromatic rings. The number of halogens is 4. The summed E-state index contributed by atoms with van der Waals surface area (Å²) in [7, 11) is 0. The summed E-state index contributed by atoms with van der Waals surface area (Å²) in [6.45, 7) is 1.83. The molecule has 1 nitrogen and oxygen atoms in total. The largest absolute Gasteiger partial charge is 0.192 e. The van der Waals surface area contributed by atoms with E-state index in [1.165, 1.54) is 0 Å². The lowest BCUT2D eigenvalue weighted by atomic mass is 10.3. The van der Waals surface area contributed by atoms with Crippen LogP contribution in [0.15, 0.2) is 0 Å². The van der Waals surface area contributed by atoms with Crippen LogP contribution in [0.4, 0.5) is 8.96 Å². The van der Waals surface area contributed by atoms with E-state index in [1.54, 1.807) is 0 Å². The van der Waals surface area contributed by atoms with Gasteiger partial charge in [0.05, 0.1) is 0 Å². The lowest BCUT2D eigenvalue weighted by Crippen LogP contribution is -2.24. The summed E-state index contributed by atoms with van der Waals surface area (Å²) in [5.41, 5.74) is 0. The van der Waals surface area contributed by atoms with Gasteiger partial charge in [0.2, 0.25) is 0 Å². The van der Waals surface area contributed by atoms with Crippen molar-refractivity contribution in [2.24, 2.45) is 0 Å². The van der Waals surface area contributed by atoms with Crippen LogP contribution in [-0.4, -0.2) is 8.70 Å². The second-order valence-electron chi connectivity index (χ2n) is 1.65. The van der Waals surface area contributed by atoms with Crippen LogP contribution in [0.5, 0.6) is 0 Å². The summed E-state index contributed by atoms with van der Waals surface area (Å²) in [5, 5.41) is -0.892. The van der Waals surface area contributed by atoms with Crippen molar-refractivity contribution >= 4 is 31.9 Å². The molecule has 56 valence electrons. The summed E-state index contributed by atoms with van der Waals surface area (Å²) >= 11 is 5.60. The summed E-state index contributed by atoms with van der Waals surface area (Å²) in [6.07, 6.45) is 1.06. The Bertz CT molecular complexity index is 86.6. The second-order valence-corrected chi connectivity index (χ2v) is 5.34. The SMILES string of the molecule is CCCC(Br)(Br)N(F)F. The number of nitrogens with zero attached hydrogens (tertiary/aromatic N) is 1. The van der Waals surface area contributed by atoms with Gasteiger partial charge in [-0.2, -0.15) is 0 Å². The van der Waals surface area contributed by atoms with E-state index in [0.29, 0.717) is 12.8 Å². The Morgan fingerprint density at radius 2 is 1.89 bits per heavy atom. The Morgan fingerprint density at radius 3 is 2.00 bits per heavy atom. The minimum absolute atomic E-state index is 0.361. The predicted molar refractivity (Wildman–Crippen MR) is 39.5 cm³/mol. The molecule has 9 heavy (non-hydrogen) atoms. The highest BCUT2D eigenvalue weighted by atomic mass is 79.9. The first-order valence-electron chi connectivity index (χ1n) is 2.50. The number of alkyl halides is 2. The molecule has 5 heteroatoms. The van der Waals surface area contributed by atoms with E-state index < -0.39 is 8.70 Å². The summed E-state index contributed by atoms with van der Waals surface area (Å²) in [4.78, 5) is 0. The van der Waals surface area contributed by atoms with Gasteiger partial charge in [-0.1, -0.05) is 22.3 Å². The molecule has 0 aromatic heterocycles. The molecule has 0 radical (unpaired) electrons. The van der Waals surface area contributed by atoms with Crippen molar-refractivity contribution in [3.8, 4) is 0 Å². The molecule has 0 unspecified atom stereocenters. The fraction of sp³-hybridized carbons (Fsp3) is 1.00. The molecule has 0 bridgehead atoms. The predicted octanol–water partition coefficient (Wildman–Crippen LogP) is 3.30. The van der Waals surface area contributed by atoms with Crippen LogP contribution in [0.1, 0.15) is 19.8 Å². The highest BCUT2D eigenvalue weighted by Crippen LogP contribution is 2.35. The molecule has 0 aliphatic rings. The quantitative estimate of drug-likeness (QED) is 0.430. The Balaban J connectivity index is 3.70. The van der Waals surface area contributed by atoms with Gasteiger partial charge in [0, 0.05) is 5.34 Å². The van der Waals surface area contributed by atoms with Gasteiger partial charge >= 0.3 is 0 Å². The average molecular weight is 267 g/mol. The minimum Gasteiger partial charge on any atom is -0.0991 e. The van der Waals surface area contributed by atoms with Gasteiger partial charge in [-0.3, -0.25) is 0 Å². The zero-order valence-corrected chi connectivity index (χ0v) is 8.05. The number of hydrogen-bond acceptors (Lipinski definition) is 1. The molecule has 0 aliphatic heterocycles. The molecule has 0 amide bonds. The number of hydrogen-bond donors (Lipinski definition) is 0. The van der Waals surface area contributed by atoms with E-state index in [2.05, 4.69) is 31.9 Å². The van der Waals surface area contributed by atoms with E-state index in [0.717, 1.165) is 0 Å². The Hall–Kier alpha value is 0.780. The maximum atomic E-state index is 11.7. The van der Waals surface area contributed by atoms with Crippen LogP contribution < -0.4 is 0 Å². The van der Waals surface area contributed by atoms with Crippen molar-refractivity contribution in [1.82, 2.24) is 5.34 Å². The molecule has 0 aliphatic carbocycles. The van der Waals surface area contributed by atoms with E-state index in [-0.39, 0.29) is 0 Å². The van der Waals surface area contributed by atoms with Gasteiger partial charge in [0.25, 0.3) is 0 Å². The van der Waals surface area contributed by atoms with E-state index in [9.17, 15) is 8.96 Å². The molecule has 0 N–H and O–H groups in total. The summed E-state index contributed by atoms with van der Waals surface area (Å²) in [6, 6.07) is 0. The fourth-order valence-corrected chi connectivity index (χ4v) is 1.18. The van der Waals surface area contributed by atoms with Gasteiger partial charge in [-0.05, 0) is 38.3 Å². The summed E-state index contributed by atoms with van der Waals surface area (Å²) in [5.74, 6) is 0. The molecule has 0 saturated heterocycles. The van der Waals surface area contributed by atoms with Crippen LogP contribution in [0.25, 0.3) is 0 Å². The molecule has 0 spiro atoms. The fourth-order valence-electron chi connectivity index (χ4n) is 0.385. The second kappa shape index (κ2) is 3.83. The van der Waals surface area contributed by atoms with Gasteiger partial charge in [-0.25, -0.2) is 0 Å². The van der Waals surface area contributed by atoms with E-state index in [1.807, 2.05) is 6.92 Å². The van der Waals surface area contributed by atoms with Gasteiger partial charge in [0.15, 0.2) is 3.36 Å². The van der Waals surface area contributed by atoms with Crippen molar-refractivity contribution in [1.29, 1.82) is 0 Å². The topological polar surface area (TPSA) is 3.24 Å². The zero-order valence-electron chi connectivity index (χ0n) is 4.87. The third kappa shape index (κ3) is 3.47. The molecule has 0 saturated carbocycles. The van der Waals surface area contributed by atoms with Gasteiger partial charge in [0.1, 0.15) is 0 Å². The van der Waals surface area contributed by atoms with Crippen LogP contribution in [0, 0.1) is 0 Å². The van der Waals surface area contributed by atoms with Crippen LogP contribution >= 0.6 is 31.9 Å². The Labute approximate surface area is 69.5 Å². The minimum atomic E-state index is -1.32. The standard InChI is InChI=1S/C4H7Br2F2N/c1-2-3-4(5,6)9(7)8/h2-3H2,1H3. The number of rotatable bonds is 3. The van der Waals surface area contributed by atoms with Gasteiger partial charge in [-0.15, -0.1) is 0 Å². The van der Waals surface area contributed by atoms with Gasteiger partial charge < -0.3 is 0 Å². The molecule has 0 rings (SSSR count). The Kier molecular flexibility index (Phi) is 4.16. The first-order valence-corrected chi connectivity index (χ1v) is 4.09. The van der Waals surface area contributed by atoms with Crippen LogP contribution in [0.2, 0.25) is 0 Å². The van der Waals surface area contributed by atoms with Crippen molar-refractivity contribution in [3.05, 3.63) is 0 Å². The zero-order chi connectivity index (χ0) is 7.49. The maximum absolute atomic E-state index is 11.7. The third-order valence-electron chi connectivity index (χ3n) is 0.798. The smallest absolute Gasteiger partial charge is 0.0991 e. The summed E-state index contributed by atoms with van der Waals surface area (Å²) < 4.78 is 22.2. The van der Waals surface area contributed by atoms with Crippen molar-refractivity contribution in [3.63, 3.8) is 0 Å². The third-order valence-corrected chi connectivity index (χ3v) is 2.13. The lowest BCUT2D eigenvalue weighted by Gasteiger charge is -2.18. The average Bonchev–Trinajstić information content (AvgIpc) is 1.65. The highest BCUT2D eigenvalue weighted by molar-refractivity contribution is 9.25. The Morgan fingerprint density at radius 1 is 1.44 bits per heavy atom. The monoisotopic (exact) mass is 265 g/mol. The lowest BCUT2D eigenvalue weighted by molar-refractivity contribution is -0.170. The van der Waals surface area contributed by atoms with Crippen molar-refractivity contribution in [2.75, 3.05) is 0 Å². The van der Waals surface area contributed by atoms with Crippen molar-refractivity contribution < 1.29 is 8.96 Å². The van der Waals surface area contributed by atoms with Crippen molar-refractivity contribution in [2.45, 2.75) is 23.1 Å². The normalized spacial score (nSPS) is 12.7. The molecule has 0 heterocycles. The van der Waals surface area contributed by atoms with Crippen LogP contribution in [0.3, 0.4) is 0 Å². The molecular formula is C4H7Br2F2N. The molecular weight excluding hydrogens is 260 g/mol. The molecule has 0 atom stereocenters. The molecule has 0 aromatic carbocycles.